The lowest BCUT2D eigenvalue weighted by atomic mass is 9.84. The van der Waals surface area contributed by atoms with E-state index in [1.54, 1.807) is 0 Å². The Kier molecular flexibility index (Phi) is 5.05. The summed E-state index contributed by atoms with van der Waals surface area (Å²) in [5.41, 5.74) is 5.32. The van der Waals surface area contributed by atoms with Crippen LogP contribution >= 0.6 is 0 Å². The Balaban J connectivity index is 2.23. The predicted molar refractivity (Wildman–Crippen MR) is 56.1 cm³/mol. The highest BCUT2D eigenvalue weighted by Crippen LogP contribution is 2.31. The van der Waals surface area contributed by atoms with E-state index in [2.05, 4.69) is 0 Å². The topological polar surface area (TPSA) is 35.2 Å². The van der Waals surface area contributed by atoms with Gasteiger partial charge in [-0.15, -0.1) is 0 Å². The van der Waals surface area contributed by atoms with Crippen molar-refractivity contribution in [2.24, 2.45) is 5.73 Å². The van der Waals surface area contributed by atoms with E-state index in [4.69, 9.17) is 10.5 Å². The molecule has 0 spiro atoms. The molecule has 0 aromatic rings. The molecule has 5 heteroatoms. The highest BCUT2D eigenvalue weighted by atomic mass is 19.4. The number of alkyl halides is 3. The molecule has 0 atom stereocenters. The molecule has 2 N–H and O–H groups in total. The Hall–Kier alpha value is -0.290. The Labute approximate surface area is 94.3 Å². The normalized spacial score (nSPS) is 21.0. The Morgan fingerprint density at radius 1 is 1.12 bits per heavy atom. The summed E-state index contributed by atoms with van der Waals surface area (Å²) < 4.78 is 41.3. The Bertz CT molecular complexity index is 200. The first-order chi connectivity index (χ1) is 7.47. The van der Waals surface area contributed by atoms with Gasteiger partial charge in [-0.2, -0.15) is 13.2 Å². The first-order valence-corrected chi connectivity index (χ1v) is 5.88. The van der Waals surface area contributed by atoms with Gasteiger partial charge < -0.3 is 10.5 Å². The molecular formula is C11H20F3NO. The van der Waals surface area contributed by atoms with Crippen molar-refractivity contribution >= 4 is 0 Å². The van der Waals surface area contributed by atoms with Crippen LogP contribution in [0.3, 0.4) is 0 Å². The molecule has 0 radical (unpaired) electrons. The lowest BCUT2D eigenvalue weighted by molar-refractivity contribution is -0.143. The molecule has 2 nitrogen and oxygen atoms in total. The van der Waals surface area contributed by atoms with Crippen LogP contribution in [0, 0.1) is 0 Å². The van der Waals surface area contributed by atoms with Crippen LogP contribution in [0.15, 0.2) is 0 Å². The highest BCUT2D eigenvalue weighted by molar-refractivity contribution is 4.85. The summed E-state index contributed by atoms with van der Waals surface area (Å²) in [6.07, 6.45) is 0.260. The minimum absolute atomic E-state index is 0.0330. The third-order valence-electron chi connectivity index (χ3n) is 3.15. The zero-order valence-corrected chi connectivity index (χ0v) is 9.48. The second kappa shape index (κ2) is 5.87. The molecule has 1 aliphatic rings. The van der Waals surface area contributed by atoms with Gasteiger partial charge in [-0.25, -0.2) is 0 Å². The number of hydrogen-bond acceptors (Lipinski definition) is 2. The standard InChI is InChI=1S/C11H20F3NO/c12-11(13,14)7-4-8-16-10(9-15)5-2-1-3-6-10/h1-9,15H2. The SMILES string of the molecule is NCC1(OCCCC(F)(F)F)CCCCC1. The first-order valence-electron chi connectivity index (χ1n) is 5.88. The maximum Gasteiger partial charge on any atom is 0.389 e. The maximum atomic E-state index is 11.9. The smallest absolute Gasteiger partial charge is 0.374 e. The van der Waals surface area contributed by atoms with E-state index >= 15 is 0 Å². The number of hydrogen-bond donors (Lipinski definition) is 1. The van der Waals surface area contributed by atoms with Crippen LogP contribution in [0.1, 0.15) is 44.9 Å². The van der Waals surface area contributed by atoms with Crippen LogP contribution in [0.2, 0.25) is 0 Å². The third-order valence-corrected chi connectivity index (χ3v) is 3.15. The molecule has 0 unspecified atom stereocenters. The monoisotopic (exact) mass is 239 g/mol. The van der Waals surface area contributed by atoms with Crippen LogP contribution in [0.5, 0.6) is 0 Å². The summed E-state index contributed by atoms with van der Waals surface area (Å²) in [6.45, 7) is 0.579. The lowest BCUT2D eigenvalue weighted by Gasteiger charge is -2.36. The molecule has 96 valence electrons. The van der Waals surface area contributed by atoms with Gasteiger partial charge in [0.25, 0.3) is 0 Å². The summed E-state index contributed by atoms with van der Waals surface area (Å²) in [5.74, 6) is 0. The second-order valence-corrected chi connectivity index (χ2v) is 4.51. The lowest BCUT2D eigenvalue weighted by Crippen LogP contribution is -2.42. The van der Waals surface area contributed by atoms with E-state index in [-0.39, 0.29) is 18.6 Å². The van der Waals surface area contributed by atoms with Crippen LogP contribution < -0.4 is 5.73 Å². The van der Waals surface area contributed by atoms with Crippen molar-refractivity contribution in [1.82, 2.24) is 0 Å². The minimum Gasteiger partial charge on any atom is -0.374 e. The van der Waals surface area contributed by atoms with Gasteiger partial charge in [0.1, 0.15) is 0 Å². The summed E-state index contributed by atoms with van der Waals surface area (Å²) in [6, 6.07) is 0. The fraction of sp³-hybridized carbons (Fsp3) is 1.00. The summed E-state index contributed by atoms with van der Waals surface area (Å²) in [7, 11) is 0. The van der Waals surface area contributed by atoms with E-state index in [9.17, 15) is 13.2 Å². The summed E-state index contributed by atoms with van der Waals surface area (Å²) >= 11 is 0. The van der Waals surface area contributed by atoms with Crippen molar-refractivity contribution in [3.63, 3.8) is 0 Å². The average molecular weight is 239 g/mol. The van der Waals surface area contributed by atoms with Crippen molar-refractivity contribution in [3.05, 3.63) is 0 Å². The Morgan fingerprint density at radius 2 is 1.75 bits per heavy atom. The van der Waals surface area contributed by atoms with Crippen molar-refractivity contribution in [2.45, 2.75) is 56.7 Å². The molecule has 1 fully saturated rings. The molecule has 1 saturated carbocycles. The summed E-state index contributed by atoms with van der Waals surface area (Å²) in [5, 5.41) is 0. The van der Waals surface area contributed by atoms with Crippen LogP contribution in [0.25, 0.3) is 0 Å². The Morgan fingerprint density at radius 3 is 2.25 bits per heavy atom. The molecule has 0 aromatic carbocycles. The van der Waals surface area contributed by atoms with Crippen molar-refractivity contribution in [3.8, 4) is 0 Å². The van der Waals surface area contributed by atoms with Gasteiger partial charge in [-0.05, 0) is 19.3 Å². The minimum atomic E-state index is -4.08. The van der Waals surface area contributed by atoms with Crippen LogP contribution in [0.4, 0.5) is 13.2 Å². The third kappa shape index (κ3) is 4.70. The van der Waals surface area contributed by atoms with E-state index < -0.39 is 12.6 Å². The molecule has 0 amide bonds. The number of nitrogens with two attached hydrogens (primary N) is 1. The molecule has 0 aromatic heterocycles. The molecule has 16 heavy (non-hydrogen) atoms. The van der Waals surface area contributed by atoms with Gasteiger partial charge in [0, 0.05) is 19.6 Å². The molecule has 0 saturated heterocycles. The van der Waals surface area contributed by atoms with Crippen molar-refractivity contribution in [1.29, 1.82) is 0 Å². The molecule has 0 aliphatic heterocycles. The molecule has 1 rings (SSSR count). The van der Waals surface area contributed by atoms with Crippen molar-refractivity contribution < 1.29 is 17.9 Å². The van der Waals surface area contributed by atoms with Crippen LogP contribution in [-0.2, 0) is 4.74 Å². The van der Waals surface area contributed by atoms with Crippen molar-refractivity contribution in [2.75, 3.05) is 13.2 Å². The largest absolute Gasteiger partial charge is 0.389 e. The number of halogens is 3. The zero-order chi connectivity index (χ0) is 12.1. The van der Waals surface area contributed by atoms with Gasteiger partial charge in [-0.1, -0.05) is 19.3 Å². The number of ether oxygens (including phenoxy) is 1. The van der Waals surface area contributed by atoms with Gasteiger partial charge in [0.2, 0.25) is 0 Å². The van der Waals surface area contributed by atoms with Crippen LogP contribution in [-0.4, -0.2) is 24.9 Å². The fourth-order valence-electron chi connectivity index (χ4n) is 2.16. The maximum absolute atomic E-state index is 11.9. The second-order valence-electron chi connectivity index (χ2n) is 4.51. The van der Waals surface area contributed by atoms with Gasteiger partial charge in [-0.3, -0.25) is 0 Å². The zero-order valence-electron chi connectivity index (χ0n) is 9.48. The average Bonchev–Trinajstić information content (AvgIpc) is 2.25. The molecule has 0 heterocycles. The highest BCUT2D eigenvalue weighted by Gasteiger charge is 2.32. The number of rotatable bonds is 5. The fourth-order valence-corrected chi connectivity index (χ4v) is 2.16. The van der Waals surface area contributed by atoms with Gasteiger partial charge >= 0.3 is 6.18 Å². The van der Waals surface area contributed by atoms with E-state index in [1.165, 1.54) is 6.42 Å². The van der Waals surface area contributed by atoms with Gasteiger partial charge in [0.15, 0.2) is 0 Å². The van der Waals surface area contributed by atoms with E-state index in [1.807, 2.05) is 0 Å². The predicted octanol–water partition coefficient (Wildman–Crippen LogP) is 3.01. The first kappa shape index (κ1) is 13.8. The molecular weight excluding hydrogens is 219 g/mol. The van der Waals surface area contributed by atoms with E-state index in [0.29, 0.717) is 6.54 Å². The van der Waals surface area contributed by atoms with E-state index in [0.717, 1.165) is 25.7 Å². The molecule has 0 bridgehead atoms. The quantitative estimate of drug-likeness (QED) is 0.748. The summed E-state index contributed by atoms with van der Waals surface area (Å²) in [4.78, 5) is 0. The van der Waals surface area contributed by atoms with Gasteiger partial charge in [0.05, 0.1) is 5.60 Å². The molecule has 1 aliphatic carbocycles.